The van der Waals surface area contributed by atoms with Crippen LogP contribution in [0.25, 0.3) is 0 Å². The number of benzene rings is 2. The first-order valence-corrected chi connectivity index (χ1v) is 9.54. The zero-order valence-electron chi connectivity index (χ0n) is 15.8. The second-order valence-electron chi connectivity index (χ2n) is 6.74. The summed E-state index contributed by atoms with van der Waals surface area (Å²) in [4.78, 5) is 0. The van der Waals surface area contributed by atoms with Gasteiger partial charge in [0.05, 0.1) is 23.8 Å². The first-order valence-electron chi connectivity index (χ1n) is 9.16. The Morgan fingerprint density at radius 3 is 2.34 bits per heavy atom. The summed E-state index contributed by atoms with van der Waals surface area (Å²) in [5.74, 6) is 2.84. The van der Waals surface area contributed by atoms with Crippen molar-refractivity contribution >= 4 is 11.6 Å². The van der Waals surface area contributed by atoms with Crippen LogP contribution >= 0.6 is 11.6 Å². The molecule has 1 aliphatic rings. The van der Waals surface area contributed by atoms with E-state index >= 15 is 0 Å². The van der Waals surface area contributed by atoms with E-state index in [-0.39, 0.29) is 22.1 Å². The second kappa shape index (κ2) is 10.1. The molecule has 2 aromatic rings. The summed E-state index contributed by atoms with van der Waals surface area (Å²) < 4.78 is 58.6. The molecule has 0 aromatic heterocycles. The van der Waals surface area contributed by atoms with E-state index in [0.717, 1.165) is 31.0 Å². The van der Waals surface area contributed by atoms with Crippen molar-refractivity contribution in [3.63, 3.8) is 0 Å². The van der Waals surface area contributed by atoms with E-state index in [4.69, 9.17) is 25.8 Å². The van der Waals surface area contributed by atoms with Crippen molar-refractivity contribution in [3.8, 4) is 11.8 Å². The number of methoxy groups -OCH3 is 1. The third kappa shape index (κ3) is 5.74. The van der Waals surface area contributed by atoms with Crippen LogP contribution in [0.4, 0.5) is 13.2 Å². The second-order valence-corrected chi connectivity index (χ2v) is 7.15. The fraction of sp³-hybridized carbons (Fsp3) is 0.364. The number of hydrogen-bond acceptors (Lipinski definition) is 3. The highest BCUT2D eigenvalue weighted by atomic mass is 35.5. The van der Waals surface area contributed by atoms with Crippen molar-refractivity contribution in [1.29, 1.82) is 0 Å². The van der Waals surface area contributed by atoms with Gasteiger partial charge in [0.2, 0.25) is 0 Å². The minimum atomic E-state index is -0.837. The van der Waals surface area contributed by atoms with Gasteiger partial charge in [-0.3, -0.25) is 0 Å². The minimum Gasteiger partial charge on any atom is -0.385 e. The Morgan fingerprint density at radius 2 is 1.72 bits per heavy atom. The zero-order valence-corrected chi connectivity index (χ0v) is 16.6. The molecule has 0 atom stereocenters. The molecule has 7 heteroatoms. The molecular formula is C22H20ClF3O3. The van der Waals surface area contributed by atoms with Crippen LogP contribution in [0.2, 0.25) is 5.02 Å². The van der Waals surface area contributed by atoms with E-state index in [0.29, 0.717) is 19.8 Å². The Balaban J connectivity index is 1.69. The van der Waals surface area contributed by atoms with E-state index in [1.807, 2.05) is 0 Å². The SMILES string of the molecule is COCCC[C@H]1CO[C@H](c2cc(F)c(C#Cc3ccc(Cl)c(F)c3)c(F)c2)OC1. The molecule has 0 saturated carbocycles. The van der Waals surface area contributed by atoms with Crippen LogP contribution in [0.5, 0.6) is 0 Å². The number of ether oxygens (including phenoxy) is 3. The maximum Gasteiger partial charge on any atom is 0.184 e. The molecule has 0 radical (unpaired) electrons. The predicted molar refractivity (Wildman–Crippen MR) is 103 cm³/mol. The van der Waals surface area contributed by atoms with Crippen molar-refractivity contribution in [2.45, 2.75) is 19.1 Å². The highest BCUT2D eigenvalue weighted by Crippen LogP contribution is 2.29. The molecule has 29 heavy (non-hydrogen) atoms. The average molecular weight is 425 g/mol. The largest absolute Gasteiger partial charge is 0.385 e. The van der Waals surface area contributed by atoms with Gasteiger partial charge in [-0.1, -0.05) is 23.4 Å². The van der Waals surface area contributed by atoms with E-state index in [9.17, 15) is 13.2 Å². The van der Waals surface area contributed by atoms with Crippen LogP contribution < -0.4 is 0 Å². The lowest BCUT2D eigenvalue weighted by Crippen LogP contribution is -2.27. The van der Waals surface area contributed by atoms with E-state index in [1.165, 1.54) is 12.1 Å². The molecule has 154 valence electrons. The molecule has 3 nitrogen and oxygen atoms in total. The molecular weight excluding hydrogens is 405 g/mol. The Kier molecular flexibility index (Phi) is 7.57. The van der Waals surface area contributed by atoms with Crippen molar-refractivity contribution in [2.75, 3.05) is 26.9 Å². The third-order valence-electron chi connectivity index (χ3n) is 4.52. The standard InChI is InChI=1S/C22H20ClF3O3/c1-27-8-2-3-15-12-28-22(29-13-15)16-10-19(24)17(20(25)11-16)6-4-14-5-7-18(23)21(26)9-14/h5,7,9-11,15,22H,2-3,8,12-13H2,1H3/t15-,22-. The average Bonchev–Trinajstić information content (AvgIpc) is 2.70. The van der Waals surface area contributed by atoms with Gasteiger partial charge in [0.1, 0.15) is 17.5 Å². The van der Waals surface area contributed by atoms with Crippen LogP contribution in [-0.2, 0) is 14.2 Å². The molecule has 0 N–H and O–H groups in total. The number of hydrogen-bond donors (Lipinski definition) is 0. The fourth-order valence-electron chi connectivity index (χ4n) is 2.98. The Morgan fingerprint density at radius 1 is 1.03 bits per heavy atom. The van der Waals surface area contributed by atoms with Gasteiger partial charge < -0.3 is 14.2 Å². The first-order chi connectivity index (χ1) is 14.0. The maximum atomic E-state index is 14.4. The molecule has 0 spiro atoms. The summed E-state index contributed by atoms with van der Waals surface area (Å²) in [5.41, 5.74) is 0.101. The van der Waals surface area contributed by atoms with Crippen LogP contribution in [0, 0.1) is 35.2 Å². The summed E-state index contributed by atoms with van der Waals surface area (Å²) in [6.07, 6.45) is 0.959. The Bertz CT molecular complexity index is 892. The highest BCUT2D eigenvalue weighted by molar-refractivity contribution is 6.30. The van der Waals surface area contributed by atoms with E-state index < -0.39 is 29.3 Å². The fourth-order valence-corrected chi connectivity index (χ4v) is 3.09. The summed E-state index contributed by atoms with van der Waals surface area (Å²) >= 11 is 5.61. The van der Waals surface area contributed by atoms with Crippen LogP contribution in [0.15, 0.2) is 30.3 Å². The smallest absolute Gasteiger partial charge is 0.184 e. The summed E-state index contributed by atoms with van der Waals surface area (Å²) in [7, 11) is 1.65. The van der Waals surface area contributed by atoms with Gasteiger partial charge in [0, 0.05) is 30.8 Å². The molecule has 1 heterocycles. The Hall–Kier alpha value is -2.04. The molecule has 0 unspecified atom stereocenters. The molecule has 1 saturated heterocycles. The molecule has 1 fully saturated rings. The summed E-state index contributed by atoms with van der Waals surface area (Å²) in [5, 5.41) is -0.0503. The van der Waals surface area contributed by atoms with Crippen LogP contribution in [-0.4, -0.2) is 26.9 Å². The van der Waals surface area contributed by atoms with Gasteiger partial charge in [-0.25, -0.2) is 13.2 Å². The molecule has 0 aliphatic carbocycles. The minimum absolute atomic E-state index is 0.0503. The first kappa shape index (κ1) is 21.7. The predicted octanol–water partition coefficient (Wildman–Crippen LogP) is 5.25. The van der Waals surface area contributed by atoms with Crippen LogP contribution in [0.1, 0.15) is 35.8 Å². The van der Waals surface area contributed by atoms with Gasteiger partial charge in [0.15, 0.2) is 6.29 Å². The molecule has 3 rings (SSSR count). The normalized spacial score (nSPS) is 18.9. The number of halogens is 4. The highest BCUT2D eigenvalue weighted by Gasteiger charge is 2.25. The third-order valence-corrected chi connectivity index (χ3v) is 4.82. The quantitative estimate of drug-likeness (QED) is 0.485. The topological polar surface area (TPSA) is 27.7 Å². The molecule has 0 amide bonds. The lowest BCUT2D eigenvalue weighted by Gasteiger charge is -2.29. The molecule has 0 bridgehead atoms. The monoisotopic (exact) mass is 424 g/mol. The van der Waals surface area contributed by atoms with Gasteiger partial charge in [0.25, 0.3) is 0 Å². The van der Waals surface area contributed by atoms with E-state index in [1.54, 1.807) is 7.11 Å². The van der Waals surface area contributed by atoms with Crippen molar-refractivity contribution in [1.82, 2.24) is 0 Å². The number of rotatable bonds is 5. The van der Waals surface area contributed by atoms with Crippen molar-refractivity contribution in [2.24, 2.45) is 5.92 Å². The maximum absolute atomic E-state index is 14.4. The van der Waals surface area contributed by atoms with Crippen molar-refractivity contribution in [3.05, 3.63) is 69.5 Å². The van der Waals surface area contributed by atoms with Gasteiger partial charge in [-0.15, -0.1) is 0 Å². The van der Waals surface area contributed by atoms with E-state index in [2.05, 4.69) is 11.8 Å². The summed E-state index contributed by atoms with van der Waals surface area (Å²) in [6, 6.07) is 6.19. The zero-order chi connectivity index (χ0) is 20.8. The lowest BCUT2D eigenvalue weighted by molar-refractivity contribution is -0.206. The molecule has 2 aromatic carbocycles. The van der Waals surface area contributed by atoms with Crippen molar-refractivity contribution < 1.29 is 27.4 Å². The summed E-state index contributed by atoms with van der Waals surface area (Å²) in [6.45, 7) is 1.56. The van der Waals surface area contributed by atoms with Gasteiger partial charge >= 0.3 is 0 Å². The van der Waals surface area contributed by atoms with Gasteiger partial charge in [-0.2, -0.15) is 0 Å². The van der Waals surface area contributed by atoms with Gasteiger partial charge in [-0.05, 0) is 43.2 Å². The Labute approximate surface area is 172 Å². The van der Waals surface area contributed by atoms with Crippen LogP contribution in [0.3, 0.4) is 0 Å². The molecule has 1 aliphatic heterocycles. The lowest BCUT2D eigenvalue weighted by atomic mass is 10.0.